The van der Waals surface area contributed by atoms with Gasteiger partial charge in [-0.15, -0.1) is 0 Å². The van der Waals surface area contributed by atoms with Gasteiger partial charge in [-0.3, -0.25) is 0 Å². The van der Waals surface area contributed by atoms with E-state index in [-0.39, 0.29) is 0 Å². The number of nitrogens with zero attached hydrogens (tertiary/aromatic N) is 2. The molecule has 0 amide bonds. The van der Waals surface area contributed by atoms with Crippen molar-refractivity contribution in [3.63, 3.8) is 0 Å². The molecule has 5 nitrogen and oxygen atoms in total. The SMILES string of the molecule is COCCCNc1cc(NCc2ccccc2)ncn1. The van der Waals surface area contributed by atoms with Crippen LogP contribution in [0.2, 0.25) is 0 Å². The van der Waals surface area contributed by atoms with Crippen LogP contribution in [0.1, 0.15) is 12.0 Å². The molecule has 1 aromatic heterocycles. The normalized spacial score (nSPS) is 10.2. The number of hydrogen-bond acceptors (Lipinski definition) is 5. The molecule has 0 radical (unpaired) electrons. The molecule has 0 unspecified atom stereocenters. The molecule has 0 saturated carbocycles. The van der Waals surface area contributed by atoms with Crippen molar-refractivity contribution >= 4 is 11.6 Å². The largest absolute Gasteiger partial charge is 0.385 e. The van der Waals surface area contributed by atoms with Gasteiger partial charge in [0.1, 0.15) is 18.0 Å². The predicted molar refractivity (Wildman–Crippen MR) is 80.8 cm³/mol. The summed E-state index contributed by atoms with van der Waals surface area (Å²) in [4.78, 5) is 8.40. The molecular formula is C15H20N4O. The summed E-state index contributed by atoms with van der Waals surface area (Å²) in [6, 6.07) is 12.1. The Morgan fingerprint density at radius 3 is 2.55 bits per heavy atom. The van der Waals surface area contributed by atoms with E-state index in [1.54, 1.807) is 13.4 Å². The van der Waals surface area contributed by atoms with Crippen LogP contribution in [0.3, 0.4) is 0 Å². The molecule has 5 heteroatoms. The number of hydrogen-bond donors (Lipinski definition) is 2. The maximum Gasteiger partial charge on any atom is 0.131 e. The summed E-state index contributed by atoms with van der Waals surface area (Å²) in [5.41, 5.74) is 1.22. The predicted octanol–water partition coefficient (Wildman–Crippen LogP) is 2.54. The fraction of sp³-hybridized carbons (Fsp3) is 0.333. The van der Waals surface area contributed by atoms with Gasteiger partial charge in [-0.05, 0) is 12.0 Å². The van der Waals surface area contributed by atoms with Crippen LogP contribution < -0.4 is 10.6 Å². The molecule has 2 N–H and O–H groups in total. The molecule has 0 aliphatic rings. The molecule has 106 valence electrons. The minimum absolute atomic E-state index is 0.747. The maximum atomic E-state index is 5.01. The van der Waals surface area contributed by atoms with Crippen LogP contribution in [0.4, 0.5) is 11.6 Å². The van der Waals surface area contributed by atoms with Crippen LogP contribution in [0.25, 0.3) is 0 Å². The Hall–Kier alpha value is -2.14. The third kappa shape index (κ3) is 4.85. The third-order valence-corrected chi connectivity index (χ3v) is 2.81. The van der Waals surface area contributed by atoms with E-state index in [0.29, 0.717) is 0 Å². The van der Waals surface area contributed by atoms with E-state index >= 15 is 0 Å². The summed E-state index contributed by atoms with van der Waals surface area (Å²) in [7, 11) is 1.70. The summed E-state index contributed by atoms with van der Waals surface area (Å²) in [6.07, 6.45) is 2.51. The highest BCUT2D eigenvalue weighted by Gasteiger charge is 1.98. The second kappa shape index (κ2) is 8.12. The molecular weight excluding hydrogens is 252 g/mol. The van der Waals surface area contributed by atoms with Crippen molar-refractivity contribution in [3.8, 4) is 0 Å². The van der Waals surface area contributed by atoms with Crippen molar-refractivity contribution < 1.29 is 4.74 Å². The first-order valence-electron chi connectivity index (χ1n) is 6.71. The number of rotatable bonds is 8. The first-order valence-corrected chi connectivity index (χ1v) is 6.71. The molecule has 20 heavy (non-hydrogen) atoms. The Bertz CT molecular complexity index is 504. The Morgan fingerprint density at radius 1 is 1.05 bits per heavy atom. The van der Waals surface area contributed by atoms with Crippen molar-refractivity contribution in [3.05, 3.63) is 48.3 Å². The van der Waals surface area contributed by atoms with E-state index in [9.17, 15) is 0 Å². The van der Waals surface area contributed by atoms with E-state index in [0.717, 1.165) is 37.8 Å². The summed E-state index contributed by atoms with van der Waals surface area (Å²) in [5.74, 6) is 1.64. The van der Waals surface area contributed by atoms with Gasteiger partial charge < -0.3 is 15.4 Å². The molecule has 0 aliphatic carbocycles. The maximum absolute atomic E-state index is 5.01. The zero-order chi connectivity index (χ0) is 14.0. The smallest absolute Gasteiger partial charge is 0.131 e. The lowest BCUT2D eigenvalue weighted by Gasteiger charge is -2.08. The molecule has 1 aromatic carbocycles. The zero-order valence-corrected chi connectivity index (χ0v) is 11.7. The van der Waals surface area contributed by atoms with Gasteiger partial charge in [-0.1, -0.05) is 30.3 Å². The number of methoxy groups -OCH3 is 1. The first kappa shape index (κ1) is 14.3. The first-order chi connectivity index (χ1) is 9.88. The number of nitrogens with one attached hydrogen (secondary N) is 2. The topological polar surface area (TPSA) is 59.1 Å². The van der Waals surface area contributed by atoms with Crippen LogP contribution in [0, 0.1) is 0 Å². The van der Waals surface area contributed by atoms with Crippen LogP contribution in [-0.2, 0) is 11.3 Å². The second-order valence-corrected chi connectivity index (χ2v) is 4.40. The number of benzene rings is 1. The summed E-state index contributed by atoms with van der Waals surface area (Å²) in [6.45, 7) is 2.33. The Balaban J connectivity index is 1.83. The summed E-state index contributed by atoms with van der Waals surface area (Å²) in [5, 5.41) is 6.53. The van der Waals surface area contributed by atoms with Gasteiger partial charge in [0.15, 0.2) is 0 Å². The monoisotopic (exact) mass is 272 g/mol. The number of aromatic nitrogens is 2. The molecule has 0 bridgehead atoms. The molecule has 0 aliphatic heterocycles. The van der Waals surface area contributed by atoms with E-state index < -0.39 is 0 Å². The van der Waals surface area contributed by atoms with Gasteiger partial charge in [0, 0.05) is 32.9 Å². The minimum atomic E-state index is 0.747. The lowest BCUT2D eigenvalue weighted by Crippen LogP contribution is -2.07. The van der Waals surface area contributed by atoms with Gasteiger partial charge in [0.25, 0.3) is 0 Å². The summed E-state index contributed by atoms with van der Waals surface area (Å²) < 4.78 is 5.01. The Kier molecular flexibility index (Phi) is 5.79. The molecule has 0 atom stereocenters. The average Bonchev–Trinajstić information content (AvgIpc) is 2.51. The fourth-order valence-corrected chi connectivity index (χ4v) is 1.77. The van der Waals surface area contributed by atoms with Crippen LogP contribution >= 0.6 is 0 Å². The van der Waals surface area contributed by atoms with Gasteiger partial charge in [-0.25, -0.2) is 9.97 Å². The van der Waals surface area contributed by atoms with Crippen LogP contribution in [0.15, 0.2) is 42.7 Å². The van der Waals surface area contributed by atoms with Crippen molar-refractivity contribution in [2.75, 3.05) is 30.9 Å². The quantitative estimate of drug-likeness (QED) is 0.723. The van der Waals surface area contributed by atoms with Crippen LogP contribution in [-0.4, -0.2) is 30.2 Å². The van der Waals surface area contributed by atoms with E-state index in [2.05, 4.69) is 32.7 Å². The van der Waals surface area contributed by atoms with Crippen LogP contribution in [0.5, 0.6) is 0 Å². The van der Waals surface area contributed by atoms with Gasteiger partial charge in [0.2, 0.25) is 0 Å². The highest BCUT2D eigenvalue weighted by atomic mass is 16.5. The number of anilines is 2. The van der Waals surface area contributed by atoms with Gasteiger partial charge >= 0.3 is 0 Å². The highest BCUT2D eigenvalue weighted by molar-refractivity contribution is 5.46. The molecule has 0 fully saturated rings. The second-order valence-electron chi connectivity index (χ2n) is 4.40. The van der Waals surface area contributed by atoms with E-state index in [4.69, 9.17) is 4.74 Å². The molecule has 1 heterocycles. The molecule has 2 aromatic rings. The minimum Gasteiger partial charge on any atom is -0.385 e. The highest BCUT2D eigenvalue weighted by Crippen LogP contribution is 2.10. The lowest BCUT2D eigenvalue weighted by molar-refractivity contribution is 0.198. The van der Waals surface area contributed by atoms with Gasteiger partial charge in [0.05, 0.1) is 0 Å². The molecule has 2 rings (SSSR count). The van der Waals surface area contributed by atoms with E-state index in [1.165, 1.54) is 5.56 Å². The van der Waals surface area contributed by atoms with Crippen molar-refractivity contribution in [1.82, 2.24) is 9.97 Å². The number of ether oxygens (including phenoxy) is 1. The van der Waals surface area contributed by atoms with Gasteiger partial charge in [-0.2, -0.15) is 0 Å². The van der Waals surface area contributed by atoms with E-state index in [1.807, 2.05) is 24.3 Å². The molecule has 0 spiro atoms. The average molecular weight is 272 g/mol. The third-order valence-electron chi connectivity index (χ3n) is 2.81. The zero-order valence-electron chi connectivity index (χ0n) is 11.7. The fourth-order valence-electron chi connectivity index (χ4n) is 1.77. The summed E-state index contributed by atoms with van der Waals surface area (Å²) >= 11 is 0. The van der Waals surface area contributed by atoms with Crippen molar-refractivity contribution in [2.45, 2.75) is 13.0 Å². The Morgan fingerprint density at radius 2 is 1.80 bits per heavy atom. The molecule has 0 saturated heterocycles. The standard InChI is InChI=1S/C15H20N4O/c1-20-9-5-8-16-14-10-15(19-12-18-14)17-11-13-6-3-2-4-7-13/h2-4,6-7,10,12H,5,8-9,11H2,1H3,(H2,16,17,18,19). The lowest BCUT2D eigenvalue weighted by atomic mass is 10.2. The van der Waals surface area contributed by atoms with Crippen molar-refractivity contribution in [1.29, 1.82) is 0 Å². The Labute approximate surface area is 119 Å². The van der Waals surface area contributed by atoms with Crippen molar-refractivity contribution in [2.24, 2.45) is 0 Å².